The summed E-state index contributed by atoms with van der Waals surface area (Å²) in [6.07, 6.45) is 3.35. The van der Waals surface area contributed by atoms with E-state index in [1.54, 1.807) is 12.1 Å². The summed E-state index contributed by atoms with van der Waals surface area (Å²) < 4.78 is 18.2. The lowest BCUT2D eigenvalue weighted by Crippen LogP contribution is -2.40. The molecule has 1 aromatic rings. The van der Waals surface area contributed by atoms with Crippen molar-refractivity contribution in [3.05, 3.63) is 35.6 Å². The van der Waals surface area contributed by atoms with Crippen LogP contribution in [0.2, 0.25) is 0 Å². The highest BCUT2D eigenvalue weighted by atomic mass is 32.1. The van der Waals surface area contributed by atoms with Gasteiger partial charge < -0.3 is 15.4 Å². The maximum atomic E-state index is 12.7. The molecule has 0 bridgehead atoms. The summed E-state index contributed by atoms with van der Waals surface area (Å²) in [6, 6.07) is 6.53. The summed E-state index contributed by atoms with van der Waals surface area (Å²) in [5.41, 5.74) is 1.09. The summed E-state index contributed by atoms with van der Waals surface area (Å²) in [5, 5.41) is 6.95. The molecule has 0 saturated carbocycles. The molecule has 0 radical (unpaired) electrons. The van der Waals surface area contributed by atoms with Crippen molar-refractivity contribution in [3.8, 4) is 0 Å². The van der Waals surface area contributed by atoms with E-state index in [9.17, 15) is 4.39 Å². The highest BCUT2D eigenvalue weighted by molar-refractivity contribution is 7.80. The summed E-state index contributed by atoms with van der Waals surface area (Å²) in [7, 11) is 0. The molecule has 1 aliphatic heterocycles. The van der Waals surface area contributed by atoms with Crippen LogP contribution in [0.4, 0.5) is 4.39 Å². The molecule has 0 aliphatic carbocycles. The normalized spacial score (nSPS) is 18.3. The number of rotatable bonds is 5. The molecule has 2 rings (SSSR count). The van der Waals surface area contributed by atoms with Gasteiger partial charge in [0.05, 0.1) is 6.10 Å². The fourth-order valence-corrected chi connectivity index (χ4v) is 2.23. The van der Waals surface area contributed by atoms with Gasteiger partial charge in [0.2, 0.25) is 0 Å². The van der Waals surface area contributed by atoms with Gasteiger partial charge in [0, 0.05) is 19.7 Å². The van der Waals surface area contributed by atoms with E-state index in [0.29, 0.717) is 5.11 Å². The molecule has 0 amide bonds. The zero-order valence-electron chi connectivity index (χ0n) is 10.8. The van der Waals surface area contributed by atoms with Gasteiger partial charge in [0.25, 0.3) is 0 Å². The molecule has 1 fully saturated rings. The first kappa shape index (κ1) is 14.2. The monoisotopic (exact) mass is 282 g/mol. The van der Waals surface area contributed by atoms with Crippen LogP contribution in [0, 0.1) is 5.82 Å². The maximum Gasteiger partial charge on any atom is 0.166 e. The quantitative estimate of drug-likeness (QED) is 0.810. The van der Waals surface area contributed by atoms with Crippen LogP contribution in [0.1, 0.15) is 18.4 Å². The molecule has 2 N–H and O–H groups in total. The third-order valence-corrected chi connectivity index (χ3v) is 3.42. The Morgan fingerprint density at radius 3 is 2.79 bits per heavy atom. The Labute approximate surface area is 118 Å². The SMILES string of the molecule is Fc1ccc(CCNC(=S)NC[C@H]2CCCO2)cc1. The Balaban J connectivity index is 1.59. The van der Waals surface area contributed by atoms with Crippen LogP contribution in [-0.4, -0.2) is 30.9 Å². The second kappa shape index (κ2) is 7.40. The van der Waals surface area contributed by atoms with Crippen molar-refractivity contribution in [2.75, 3.05) is 19.7 Å². The molecule has 1 aliphatic rings. The lowest BCUT2D eigenvalue weighted by molar-refractivity contribution is 0.114. The number of benzene rings is 1. The minimum Gasteiger partial charge on any atom is -0.376 e. The molecular formula is C14H19FN2OS. The molecule has 0 spiro atoms. The molecule has 1 aromatic carbocycles. The smallest absolute Gasteiger partial charge is 0.166 e. The average Bonchev–Trinajstić information content (AvgIpc) is 2.92. The second-order valence-corrected chi connectivity index (χ2v) is 5.06. The fraction of sp³-hybridized carbons (Fsp3) is 0.500. The Morgan fingerprint density at radius 2 is 2.11 bits per heavy atom. The van der Waals surface area contributed by atoms with Crippen LogP contribution in [0.3, 0.4) is 0 Å². The van der Waals surface area contributed by atoms with E-state index in [2.05, 4.69) is 10.6 Å². The Kier molecular flexibility index (Phi) is 5.54. The van der Waals surface area contributed by atoms with Gasteiger partial charge in [-0.05, 0) is 49.2 Å². The van der Waals surface area contributed by atoms with Crippen LogP contribution in [0.25, 0.3) is 0 Å². The number of nitrogens with one attached hydrogen (secondary N) is 2. The molecular weight excluding hydrogens is 263 g/mol. The van der Waals surface area contributed by atoms with Gasteiger partial charge in [0.15, 0.2) is 5.11 Å². The highest BCUT2D eigenvalue weighted by Gasteiger charge is 2.14. The molecule has 5 heteroatoms. The lowest BCUT2D eigenvalue weighted by Gasteiger charge is -2.13. The number of ether oxygens (including phenoxy) is 1. The average molecular weight is 282 g/mol. The first-order valence-electron chi connectivity index (χ1n) is 6.62. The molecule has 3 nitrogen and oxygen atoms in total. The van der Waals surface area contributed by atoms with Crippen molar-refractivity contribution in [1.82, 2.24) is 10.6 Å². The summed E-state index contributed by atoms with van der Waals surface area (Å²) >= 11 is 5.19. The molecule has 1 saturated heterocycles. The van der Waals surface area contributed by atoms with Crippen LogP contribution in [0.15, 0.2) is 24.3 Å². The third-order valence-electron chi connectivity index (χ3n) is 3.13. The van der Waals surface area contributed by atoms with Crippen molar-refractivity contribution in [3.63, 3.8) is 0 Å². The van der Waals surface area contributed by atoms with Crippen LogP contribution >= 0.6 is 12.2 Å². The van der Waals surface area contributed by atoms with E-state index < -0.39 is 0 Å². The fourth-order valence-electron chi connectivity index (χ4n) is 2.05. The Morgan fingerprint density at radius 1 is 1.32 bits per heavy atom. The maximum absolute atomic E-state index is 12.7. The van der Waals surface area contributed by atoms with E-state index in [1.807, 2.05) is 0 Å². The minimum absolute atomic E-state index is 0.203. The molecule has 1 atom stereocenters. The van der Waals surface area contributed by atoms with Gasteiger partial charge in [0.1, 0.15) is 5.82 Å². The zero-order valence-corrected chi connectivity index (χ0v) is 11.6. The van der Waals surface area contributed by atoms with Crippen LogP contribution < -0.4 is 10.6 Å². The van der Waals surface area contributed by atoms with Gasteiger partial charge in [-0.1, -0.05) is 12.1 Å². The Hall–Kier alpha value is -1.20. The van der Waals surface area contributed by atoms with E-state index in [1.165, 1.54) is 12.1 Å². The van der Waals surface area contributed by atoms with E-state index in [0.717, 1.165) is 44.5 Å². The predicted octanol–water partition coefficient (Wildman–Crippen LogP) is 2.01. The van der Waals surface area contributed by atoms with Gasteiger partial charge in [-0.2, -0.15) is 0 Å². The van der Waals surface area contributed by atoms with Gasteiger partial charge in [-0.15, -0.1) is 0 Å². The molecule has 19 heavy (non-hydrogen) atoms. The van der Waals surface area contributed by atoms with Gasteiger partial charge in [-0.25, -0.2) is 4.39 Å². The van der Waals surface area contributed by atoms with Crippen molar-refractivity contribution in [2.24, 2.45) is 0 Å². The van der Waals surface area contributed by atoms with Gasteiger partial charge in [-0.3, -0.25) is 0 Å². The standard InChI is InChI=1S/C14H19FN2OS/c15-12-5-3-11(4-6-12)7-8-16-14(19)17-10-13-2-1-9-18-13/h3-6,13H,1-2,7-10H2,(H2,16,17,19)/t13-/m1/s1. The lowest BCUT2D eigenvalue weighted by atomic mass is 10.1. The number of halogens is 1. The first-order valence-corrected chi connectivity index (χ1v) is 7.02. The zero-order chi connectivity index (χ0) is 13.5. The molecule has 1 heterocycles. The van der Waals surface area contributed by atoms with E-state index >= 15 is 0 Å². The third kappa shape index (κ3) is 5.12. The summed E-state index contributed by atoms with van der Waals surface area (Å²) in [5.74, 6) is -0.203. The van der Waals surface area contributed by atoms with Crippen molar-refractivity contribution in [1.29, 1.82) is 0 Å². The van der Waals surface area contributed by atoms with Gasteiger partial charge >= 0.3 is 0 Å². The largest absolute Gasteiger partial charge is 0.376 e. The number of hydrogen-bond acceptors (Lipinski definition) is 2. The van der Waals surface area contributed by atoms with Crippen molar-refractivity contribution in [2.45, 2.75) is 25.4 Å². The number of thiocarbonyl (C=S) groups is 1. The highest BCUT2D eigenvalue weighted by Crippen LogP contribution is 2.10. The molecule has 104 valence electrons. The number of hydrogen-bond donors (Lipinski definition) is 2. The summed E-state index contributed by atoms with van der Waals surface area (Å²) in [4.78, 5) is 0. The first-order chi connectivity index (χ1) is 9.24. The summed E-state index contributed by atoms with van der Waals surface area (Å²) in [6.45, 7) is 2.36. The minimum atomic E-state index is -0.203. The Bertz CT molecular complexity index is 404. The van der Waals surface area contributed by atoms with Crippen LogP contribution in [0.5, 0.6) is 0 Å². The second-order valence-electron chi connectivity index (χ2n) is 4.65. The predicted molar refractivity (Wildman–Crippen MR) is 77.7 cm³/mol. The van der Waals surface area contributed by atoms with Crippen molar-refractivity contribution < 1.29 is 9.13 Å². The topological polar surface area (TPSA) is 33.3 Å². The molecule has 0 aromatic heterocycles. The van der Waals surface area contributed by atoms with Crippen LogP contribution in [-0.2, 0) is 11.2 Å². The molecule has 0 unspecified atom stereocenters. The van der Waals surface area contributed by atoms with E-state index in [-0.39, 0.29) is 11.9 Å². The van der Waals surface area contributed by atoms with E-state index in [4.69, 9.17) is 17.0 Å². The van der Waals surface area contributed by atoms with Crippen molar-refractivity contribution >= 4 is 17.3 Å².